The molecule has 1 amide bonds. The van der Waals surface area contributed by atoms with Crippen LogP contribution >= 0.6 is 0 Å². The summed E-state index contributed by atoms with van der Waals surface area (Å²) >= 11 is 0. The van der Waals surface area contributed by atoms with Crippen molar-refractivity contribution in [3.8, 4) is 0 Å². The van der Waals surface area contributed by atoms with E-state index >= 15 is 0 Å². The van der Waals surface area contributed by atoms with E-state index in [1.807, 2.05) is 13.8 Å². The molecule has 1 unspecified atom stereocenters. The molecule has 0 radical (unpaired) electrons. The summed E-state index contributed by atoms with van der Waals surface area (Å²) in [4.78, 5) is 14.4. The number of piperidine rings is 1. The molecular weight excluding hydrogens is 212 g/mol. The van der Waals surface area contributed by atoms with Gasteiger partial charge in [-0.2, -0.15) is 0 Å². The summed E-state index contributed by atoms with van der Waals surface area (Å²) in [7, 11) is 0. The molecule has 0 aromatic carbocycles. The number of nitrogens with one attached hydrogen (secondary N) is 1. The van der Waals surface area contributed by atoms with Crippen molar-refractivity contribution in [2.45, 2.75) is 59.5 Å². The molecule has 1 saturated heterocycles. The van der Waals surface area contributed by atoms with Crippen LogP contribution in [0.1, 0.15) is 47.5 Å². The van der Waals surface area contributed by atoms with Gasteiger partial charge in [0.2, 0.25) is 5.91 Å². The van der Waals surface area contributed by atoms with Crippen molar-refractivity contribution in [1.82, 2.24) is 10.2 Å². The number of rotatable bonds is 4. The Morgan fingerprint density at radius 3 is 2.06 bits per heavy atom. The highest BCUT2D eigenvalue weighted by Crippen LogP contribution is 2.26. The van der Waals surface area contributed by atoms with Crippen molar-refractivity contribution in [1.29, 1.82) is 0 Å². The SMILES string of the molecule is CC(C)NC(=O)C(C)C1CCN(C(C)C)CC1. The molecule has 3 nitrogen and oxygen atoms in total. The second-order valence-electron chi connectivity index (χ2n) is 5.92. The molecule has 0 spiro atoms. The topological polar surface area (TPSA) is 32.3 Å². The average Bonchev–Trinajstić information content (AvgIpc) is 2.27. The second kappa shape index (κ2) is 6.39. The van der Waals surface area contributed by atoms with E-state index in [0.29, 0.717) is 12.0 Å². The van der Waals surface area contributed by atoms with E-state index in [4.69, 9.17) is 0 Å². The molecule has 0 aliphatic carbocycles. The Bertz CT molecular complexity index is 243. The van der Waals surface area contributed by atoms with Crippen LogP contribution in [0.15, 0.2) is 0 Å². The van der Waals surface area contributed by atoms with Crippen molar-refractivity contribution in [3.63, 3.8) is 0 Å². The van der Waals surface area contributed by atoms with Crippen molar-refractivity contribution in [3.05, 3.63) is 0 Å². The predicted octanol–water partition coefficient (Wildman–Crippen LogP) is 2.27. The molecule has 17 heavy (non-hydrogen) atoms. The van der Waals surface area contributed by atoms with Gasteiger partial charge < -0.3 is 10.2 Å². The zero-order valence-corrected chi connectivity index (χ0v) is 12.0. The van der Waals surface area contributed by atoms with Gasteiger partial charge in [0.25, 0.3) is 0 Å². The van der Waals surface area contributed by atoms with Crippen LogP contribution < -0.4 is 5.32 Å². The van der Waals surface area contributed by atoms with Gasteiger partial charge in [-0.25, -0.2) is 0 Å². The Hall–Kier alpha value is -0.570. The Morgan fingerprint density at radius 1 is 1.12 bits per heavy atom. The fourth-order valence-electron chi connectivity index (χ4n) is 2.57. The summed E-state index contributed by atoms with van der Waals surface area (Å²) in [5.74, 6) is 0.943. The highest BCUT2D eigenvalue weighted by atomic mass is 16.1. The summed E-state index contributed by atoms with van der Waals surface area (Å²) < 4.78 is 0. The summed E-state index contributed by atoms with van der Waals surface area (Å²) in [6, 6.07) is 0.886. The predicted molar refractivity (Wildman–Crippen MR) is 71.9 cm³/mol. The van der Waals surface area contributed by atoms with E-state index in [-0.39, 0.29) is 17.9 Å². The van der Waals surface area contributed by atoms with E-state index < -0.39 is 0 Å². The molecule has 1 heterocycles. The van der Waals surface area contributed by atoms with Crippen LogP contribution in [0.5, 0.6) is 0 Å². The minimum absolute atomic E-state index is 0.159. The molecule has 0 saturated carbocycles. The minimum Gasteiger partial charge on any atom is -0.354 e. The zero-order chi connectivity index (χ0) is 13.0. The van der Waals surface area contributed by atoms with Crippen LogP contribution in [-0.4, -0.2) is 36.0 Å². The van der Waals surface area contributed by atoms with Crippen LogP contribution in [0.3, 0.4) is 0 Å². The molecular formula is C14H28N2O. The van der Waals surface area contributed by atoms with Gasteiger partial charge in [0.05, 0.1) is 0 Å². The maximum Gasteiger partial charge on any atom is 0.223 e. The van der Waals surface area contributed by atoms with Crippen molar-refractivity contribution in [2.24, 2.45) is 11.8 Å². The summed E-state index contributed by atoms with van der Waals surface area (Å²) in [6.45, 7) is 12.9. The standard InChI is InChI=1S/C14H28N2O/c1-10(2)15-14(17)12(5)13-6-8-16(9-7-13)11(3)4/h10-13H,6-9H2,1-5H3,(H,15,17). The van der Waals surface area contributed by atoms with Gasteiger partial charge in [0, 0.05) is 18.0 Å². The molecule has 0 bridgehead atoms. The molecule has 1 N–H and O–H groups in total. The normalized spacial score (nSPS) is 20.9. The minimum atomic E-state index is 0.159. The van der Waals surface area contributed by atoms with Gasteiger partial charge in [-0.3, -0.25) is 4.79 Å². The van der Waals surface area contributed by atoms with E-state index in [9.17, 15) is 4.79 Å². The largest absolute Gasteiger partial charge is 0.354 e. The molecule has 1 aliphatic rings. The number of hydrogen-bond donors (Lipinski definition) is 1. The lowest BCUT2D eigenvalue weighted by molar-refractivity contribution is -0.127. The third kappa shape index (κ3) is 4.30. The Morgan fingerprint density at radius 2 is 1.65 bits per heavy atom. The first-order valence-electron chi connectivity index (χ1n) is 6.96. The number of carbonyl (C=O) groups excluding carboxylic acids is 1. The molecule has 1 fully saturated rings. The number of hydrogen-bond acceptors (Lipinski definition) is 2. The molecule has 1 aliphatic heterocycles. The van der Waals surface area contributed by atoms with E-state index in [0.717, 1.165) is 25.9 Å². The first-order chi connectivity index (χ1) is 7.91. The smallest absolute Gasteiger partial charge is 0.223 e. The molecule has 0 aromatic heterocycles. The highest BCUT2D eigenvalue weighted by molar-refractivity contribution is 5.78. The van der Waals surface area contributed by atoms with Crippen molar-refractivity contribution < 1.29 is 4.79 Å². The lowest BCUT2D eigenvalue weighted by atomic mass is 9.84. The molecule has 3 heteroatoms. The second-order valence-corrected chi connectivity index (χ2v) is 5.92. The van der Waals surface area contributed by atoms with Crippen molar-refractivity contribution >= 4 is 5.91 Å². The number of likely N-dealkylation sites (tertiary alicyclic amines) is 1. The maximum atomic E-state index is 11.9. The fraction of sp³-hybridized carbons (Fsp3) is 0.929. The Kier molecular flexibility index (Phi) is 5.44. The van der Waals surface area contributed by atoms with Crippen LogP contribution in [0, 0.1) is 11.8 Å². The third-order valence-corrected chi connectivity index (χ3v) is 3.86. The maximum absolute atomic E-state index is 11.9. The van der Waals surface area contributed by atoms with Crippen LogP contribution in [0.25, 0.3) is 0 Å². The molecule has 100 valence electrons. The monoisotopic (exact) mass is 240 g/mol. The van der Waals surface area contributed by atoms with Gasteiger partial charge in [-0.1, -0.05) is 6.92 Å². The third-order valence-electron chi connectivity index (χ3n) is 3.86. The molecule has 0 aromatic rings. The number of carbonyl (C=O) groups is 1. The summed E-state index contributed by atoms with van der Waals surface area (Å²) in [5.41, 5.74) is 0. The summed E-state index contributed by atoms with van der Waals surface area (Å²) in [6.07, 6.45) is 2.32. The zero-order valence-electron chi connectivity index (χ0n) is 12.0. The van der Waals surface area contributed by atoms with Gasteiger partial charge in [-0.15, -0.1) is 0 Å². The Balaban J connectivity index is 2.40. The fourth-order valence-corrected chi connectivity index (χ4v) is 2.57. The Labute approximate surface area is 106 Å². The van der Waals surface area contributed by atoms with Gasteiger partial charge in [0.1, 0.15) is 0 Å². The lowest BCUT2D eigenvalue weighted by Gasteiger charge is -2.36. The first-order valence-corrected chi connectivity index (χ1v) is 6.96. The highest BCUT2D eigenvalue weighted by Gasteiger charge is 2.28. The average molecular weight is 240 g/mol. The van der Waals surface area contributed by atoms with E-state index in [2.05, 4.69) is 31.0 Å². The van der Waals surface area contributed by atoms with Gasteiger partial charge >= 0.3 is 0 Å². The van der Waals surface area contributed by atoms with Crippen LogP contribution in [0.4, 0.5) is 0 Å². The first kappa shape index (κ1) is 14.5. The quantitative estimate of drug-likeness (QED) is 0.817. The van der Waals surface area contributed by atoms with E-state index in [1.165, 1.54) is 0 Å². The lowest BCUT2D eigenvalue weighted by Crippen LogP contribution is -2.43. The van der Waals surface area contributed by atoms with Gasteiger partial charge in [0.15, 0.2) is 0 Å². The molecule has 1 rings (SSSR count). The number of amides is 1. The van der Waals surface area contributed by atoms with Crippen molar-refractivity contribution in [2.75, 3.05) is 13.1 Å². The molecule has 1 atom stereocenters. The number of nitrogens with zero attached hydrogens (tertiary/aromatic N) is 1. The van der Waals surface area contributed by atoms with Gasteiger partial charge in [-0.05, 0) is 59.5 Å². The van der Waals surface area contributed by atoms with Crippen LogP contribution in [0.2, 0.25) is 0 Å². The summed E-state index contributed by atoms with van der Waals surface area (Å²) in [5, 5.41) is 3.02. The van der Waals surface area contributed by atoms with Crippen LogP contribution in [-0.2, 0) is 4.79 Å². The van der Waals surface area contributed by atoms with E-state index in [1.54, 1.807) is 0 Å².